The van der Waals surface area contributed by atoms with Gasteiger partial charge in [-0.3, -0.25) is 0 Å². The lowest BCUT2D eigenvalue weighted by atomic mass is 9.82. The molecule has 2 aliphatic rings. The Balaban J connectivity index is 1.11. The second-order valence-corrected chi connectivity index (χ2v) is 16.8. The van der Waals surface area contributed by atoms with Crippen LogP contribution in [0, 0.1) is 5.92 Å². The van der Waals surface area contributed by atoms with Gasteiger partial charge >= 0.3 is 5.97 Å². The monoisotopic (exact) mass is 782 g/mol. The molecule has 60 heavy (non-hydrogen) atoms. The van der Waals surface area contributed by atoms with Crippen molar-refractivity contribution >= 4 is 50.4 Å². The van der Waals surface area contributed by atoms with E-state index < -0.39 is 5.97 Å². The molecule has 6 aromatic carbocycles. The van der Waals surface area contributed by atoms with Crippen LogP contribution in [0.25, 0.3) is 55.3 Å². The molecule has 0 bridgehead atoms. The van der Waals surface area contributed by atoms with Gasteiger partial charge in [-0.15, -0.1) is 0 Å². The Morgan fingerprint density at radius 1 is 0.733 bits per heavy atom. The summed E-state index contributed by atoms with van der Waals surface area (Å²) in [6.45, 7) is 16.6. The zero-order valence-electron chi connectivity index (χ0n) is 35.3. The average molecular weight is 783 g/mol. The van der Waals surface area contributed by atoms with E-state index in [-0.39, 0.29) is 11.3 Å². The summed E-state index contributed by atoms with van der Waals surface area (Å²) in [7, 11) is 0. The van der Waals surface area contributed by atoms with Gasteiger partial charge < -0.3 is 14.2 Å². The summed E-state index contributed by atoms with van der Waals surface area (Å²) >= 11 is 0. The fourth-order valence-electron chi connectivity index (χ4n) is 9.22. The molecule has 0 fully saturated rings. The molecule has 0 saturated carbocycles. The third-order valence-electron chi connectivity index (χ3n) is 12.4. The predicted octanol–water partition coefficient (Wildman–Crippen LogP) is 14.8. The van der Waals surface area contributed by atoms with E-state index in [1.165, 1.54) is 72.2 Å². The average Bonchev–Trinajstić information content (AvgIpc) is 3.71. The Labute approximate surface area is 353 Å². The fraction of sp³-hybridized carbons (Fsp3) is 0.161. The van der Waals surface area contributed by atoms with Gasteiger partial charge in [-0.05, 0) is 138 Å². The Morgan fingerprint density at radius 3 is 2.15 bits per heavy atom. The van der Waals surface area contributed by atoms with E-state index in [4.69, 9.17) is 4.74 Å². The minimum atomic E-state index is -0.416. The molecular weight excluding hydrogens is 733 g/mol. The molecule has 9 rings (SSSR count). The highest BCUT2D eigenvalue weighted by atomic mass is 16.5. The Kier molecular flexibility index (Phi) is 9.88. The number of carbonyl (C=O) groups excluding carboxylic acids is 1. The minimum Gasteiger partial charge on any atom is -0.423 e. The van der Waals surface area contributed by atoms with Gasteiger partial charge in [0.1, 0.15) is 5.75 Å². The lowest BCUT2D eigenvalue weighted by Gasteiger charge is -2.34. The number of hydrogen-bond acceptors (Lipinski definition) is 3. The number of rotatable bonds is 9. The van der Waals surface area contributed by atoms with Crippen LogP contribution in [0.5, 0.6) is 5.75 Å². The summed E-state index contributed by atoms with van der Waals surface area (Å²) in [5.74, 6) is 0.318. The van der Waals surface area contributed by atoms with Gasteiger partial charge in [-0.2, -0.15) is 0 Å². The van der Waals surface area contributed by atoms with Crippen molar-refractivity contribution in [2.45, 2.75) is 53.4 Å². The van der Waals surface area contributed by atoms with Crippen LogP contribution in [-0.4, -0.2) is 10.5 Å². The lowest BCUT2D eigenvalue weighted by molar-refractivity contribution is -0.130. The largest absolute Gasteiger partial charge is 0.423 e. The Morgan fingerprint density at radius 2 is 1.40 bits per heavy atom. The van der Waals surface area contributed by atoms with Crippen LogP contribution in [0.15, 0.2) is 182 Å². The molecule has 1 unspecified atom stereocenters. The van der Waals surface area contributed by atoms with Crippen LogP contribution in [0.2, 0.25) is 0 Å². The number of fused-ring (bicyclic) bond motifs is 6. The highest BCUT2D eigenvalue weighted by Gasteiger charge is 2.36. The molecule has 1 heterocycles. The minimum absolute atomic E-state index is 0.120. The van der Waals surface area contributed by atoms with Crippen molar-refractivity contribution in [1.82, 2.24) is 4.57 Å². The first-order valence-electron chi connectivity index (χ1n) is 20.9. The standard InChI is InChI=1S/C56H50N2O2/c1-8-9-14-38(5)57-53-18-13-11-16-48(53)49-34-42(24-32-54(49)57)39-19-25-43(26-20-39)58(44-27-30-47-46-15-10-12-17-50(46)56(6,7)51(47)35-44)52-31-23-41(33-37(52)4)40-21-28-45(29-22-40)60-55(59)36(2)3/h8-32,34-35,37H,2,33H2,1,3-7H3/b9-8-,38-14+. The maximum absolute atomic E-state index is 12.1. The number of nitrogens with zero attached hydrogens (tertiary/aromatic N) is 2. The number of esters is 1. The third-order valence-corrected chi connectivity index (χ3v) is 12.4. The van der Waals surface area contributed by atoms with E-state index >= 15 is 0 Å². The molecule has 0 spiro atoms. The maximum Gasteiger partial charge on any atom is 0.338 e. The molecule has 7 aromatic rings. The van der Waals surface area contributed by atoms with Crippen molar-refractivity contribution in [3.63, 3.8) is 0 Å². The molecule has 4 nitrogen and oxygen atoms in total. The quantitative estimate of drug-likeness (QED) is 0.0633. The van der Waals surface area contributed by atoms with Gasteiger partial charge in [0.2, 0.25) is 0 Å². The molecular formula is C56H50N2O2. The van der Waals surface area contributed by atoms with E-state index in [9.17, 15) is 4.79 Å². The first-order valence-corrected chi connectivity index (χ1v) is 20.9. The van der Waals surface area contributed by atoms with Crippen LogP contribution in [-0.2, 0) is 10.2 Å². The molecule has 2 aliphatic carbocycles. The molecule has 0 radical (unpaired) electrons. The highest BCUT2D eigenvalue weighted by Crippen LogP contribution is 2.51. The van der Waals surface area contributed by atoms with Crippen LogP contribution in [0.1, 0.15) is 64.7 Å². The van der Waals surface area contributed by atoms with Crippen LogP contribution in [0.3, 0.4) is 0 Å². The predicted molar refractivity (Wildman–Crippen MR) is 253 cm³/mol. The molecule has 0 saturated heterocycles. The smallest absolute Gasteiger partial charge is 0.338 e. The van der Waals surface area contributed by atoms with Crippen molar-refractivity contribution < 1.29 is 9.53 Å². The molecule has 296 valence electrons. The first-order chi connectivity index (χ1) is 29.0. The fourth-order valence-corrected chi connectivity index (χ4v) is 9.22. The maximum atomic E-state index is 12.1. The number of benzene rings is 6. The number of anilines is 2. The molecule has 1 atom stereocenters. The van der Waals surface area contributed by atoms with Gasteiger partial charge in [0.25, 0.3) is 0 Å². The summed E-state index contributed by atoms with van der Waals surface area (Å²) in [5, 5.41) is 2.50. The second kappa shape index (κ2) is 15.4. The number of allylic oxidation sites excluding steroid dienone is 8. The van der Waals surface area contributed by atoms with E-state index in [0.717, 1.165) is 23.4 Å². The van der Waals surface area contributed by atoms with E-state index in [1.807, 2.05) is 31.2 Å². The Bertz CT molecular complexity index is 2970. The SMILES string of the molecule is C=C(C)C(=O)Oc1ccc(C2=CC=C(N(c3ccc(-c4ccc5c(c4)c4ccccc4n5/C(C)=C/C=C\C)cc3)c3ccc4c(c3)C(C)(C)c3ccccc3-4)C(C)C2)cc1. The number of para-hydroxylation sites is 1. The summed E-state index contributed by atoms with van der Waals surface area (Å²) in [6.07, 6.45) is 11.7. The topological polar surface area (TPSA) is 34.5 Å². The van der Waals surface area contributed by atoms with Crippen molar-refractivity contribution in [2.75, 3.05) is 4.90 Å². The van der Waals surface area contributed by atoms with Crippen molar-refractivity contribution in [2.24, 2.45) is 5.92 Å². The normalized spacial score (nSPS) is 15.8. The van der Waals surface area contributed by atoms with Gasteiger partial charge in [0.15, 0.2) is 0 Å². The lowest BCUT2D eigenvalue weighted by Crippen LogP contribution is -2.24. The molecule has 0 N–H and O–H groups in total. The van der Waals surface area contributed by atoms with Gasteiger partial charge in [-0.1, -0.05) is 124 Å². The third kappa shape index (κ3) is 6.72. The number of hydrogen-bond donors (Lipinski definition) is 0. The summed E-state index contributed by atoms with van der Waals surface area (Å²) in [5.41, 5.74) is 17.4. The molecule has 1 aromatic heterocycles. The highest BCUT2D eigenvalue weighted by molar-refractivity contribution is 6.11. The number of ether oxygens (including phenoxy) is 1. The number of aromatic nitrogens is 1. The van der Waals surface area contributed by atoms with Gasteiger partial charge in [-0.25, -0.2) is 4.79 Å². The molecule has 0 amide bonds. The van der Waals surface area contributed by atoms with Gasteiger partial charge in [0, 0.05) is 50.4 Å². The van der Waals surface area contributed by atoms with Crippen molar-refractivity contribution in [3.8, 4) is 28.0 Å². The number of carbonyl (C=O) groups is 1. The zero-order chi connectivity index (χ0) is 41.7. The van der Waals surface area contributed by atoms with Crippen molar-refractivity contribution in [3.05, 3.63) is 198 Å². The van der Waals surface area contributed by atoms with Gasteiger partial charge in [0.05, 0.1) is 11.0 Å². The Hall–Kier alpha value is -6.91. The zero-order valence-corrected chi connectivity index (χ0v) is 35.3. The van der Waals surface area contributed by atoms with Crippen LogP contribution >= 0.6 is 0 Å². The summed E-state index contributed by atoms with van der Waals surface area (Å²) < 4.78 is 7.83. The molecule has 0 aliphatic heterocycles. The van der Waals surface area contributed by atoms with Crippen LogP contribution in [0.4, 0.5) is 11.4 Å². The first kappa shape index (κ1) is 38.6. The van der Waals surface area contributed by atoms with E-state index in [1.54, 1.807) is 6.92 Å². The van der Waals surface area contributed by atoms with Crippen molar-refractivity contribution in [1.29, 1.82) is 0 Å². The van der Waals surface area contributed by atoms with Crippen LogP contribution < -0.4 is 9.64 Å². The molecule has 4 heteroatoms. The summed E-state index contributed by atoms with van der Waals surface area (Å²) in [4.78, 5) is 14.6. The van der Waals surface area contributed by atoms with E-state index in [0.29, 0.717) is 11.3 Å². The second-order valence-electron chi connectivity index (χ2n) is 16.8. The van der Waals surface area contributed by atoms with E-state index in [2.05, 4.69) is 183 Å². The summed E-state index contributed by atoms with van der Waals surface area (Å²) in [6, 6.07) is 48.3.